The molecule has 0 aromatic rings. The molecule has 0 bridgehead atoms. The van der Waals surface area contributed by atoms with E-state index in [1.807, 2.05) is 20.8 Å². The molecule has 2 atom stereocenters. The topological polar surface area (TPSA) is 12.5 Å². The number of alkyl halides is 2. The smallest absolute Gasteiger partial charge is 0.265 e. The third kappa shape index (κ3) is 3.64. The predicted octanol–water partition coefficient (Wildman–Crippen LogP) is 3.56. The molecule has 1 saturated heterocycles. The summed E-state index contributed by atoms with van der Waals surface area (Å²) in [6.45, 7) is 13.5. The van der Waals surface area contributed by atoms with Gasteiger partial charge >= 0.3 is 0 Å². The normalized spacial score (nSPS) is 28.5. The zero-order valence-electron chi connectivity index (χ0n) is 12.5. The minimum atomic E-state index is -2.43. The van der Waals surface area contributed by atoms with Gasteiger partial charge in [-0.05, 0) is 32.6 Å². The molecular formula is C14H27F2NO. The van der Waals surface area contributed by atoms with E-state index in [4.69, 9.17) is 4.74 Å². The minimum Gasteiger partial charge on any atom is -0.371 e. The second kappa shape index (κ2) is 5.41. The van der Waals surface area contributed by atoms with Gasteiger partial charge in [-0.2, -0.15) is 0 Å². The first-order chi connectivity index (χ1) is 8.05. The van der Waals surface area contributed by atoms with Crippen LogP contribution in [0.5, 0.6) is 0 Å². The van der Waals surface area contributed by atoms with Gasteiger partial charge in [0.25, 0.3) is 6.43 Å². The molecule has 0 aromatic carbocycles. The van der Waals surface area contributed by atoms with Crippen molar-refractivity contribution in [2.45, 2.75) is 72.1 Å². The van der Waals surface area contributed by atoms with E-state index in [0.29, 0.717) is 6.61 Å². The van der Waals surface area contributed by atoms with Gasteiger partial charge in [0, 0.05) is 24.7 Å². The van der Waals surface area contributed by atoms with Crippen LogP contribution in [-0.2, 0) is 4.74 Å². The molecule has 18 heavy (non-hydrogen) atoms. The van der Waals surface area contributed by atoms with Crippen LogP contribution in [0, 0.1) is 5.41 Å². The van der Waals surface area contributed by atoms with Crippen LogP contribution in [0.3, 0.4) is 0 Å². The van der Waals surface area contributed by atoms with Crippen molar-refractivity contribution in [3.63, 3.8) is 0 Å². The Bertz CT molecular complexity index is 268. The van der Waals surface area contributed by atoms with Crippen molar-refractivity contribution >= 4 is 0 Å². The molecule has 1 aliphatic heterocycles. The first-order valence-corrected chi connectivity index (χ1v) is 6.71. The average molecular weight is 263 g/mol. The molecule has 1 heterocycles. The minimum absolute atomic E-state index is 0.126. The molecule has 4 heteroatoms. The largest absolute Gasteiger partial charge is 0.371 e. The summed E-state index contributed by atoms with van der Waals surface area (Å²) in [5.74, 6) is 0. The fraction of sp³-hybridized carbons (Fsp3) is 1.00. The van der Waals surface area contributed by atoms with Gasteiger partial charge in [-0.15, -0.1) is 0 Å². The highest BCUT2D eigenvalue weighted by molar-refractivity contribution is 4.96. The second-order valence-corrected chi connectivity index (χ2v) is 7.20. The Morgan fingerprint density at radius 2 is 1.67 bits per heavy atom. The van der Waals surface area contributed by atoms with Crippen molar-refractivity contribution in [3.8, 4) is 0 Å². The molecule has 2 nitrogen and oxygen atoms in total. The van der Waals surface area contributed by atoms with Gasteiger partial charge in [-0.3, -0.25) is 4.90 Å². The van der Waals surface area contributed by atoms with E-state index in [0.717, 1.165) is 13.0 Å². The summed E-state index contributed by atoms with van der Waals surface area (Å²) in [5, 5.41) is 0. The number of rotatable bonds is 1. The summed E-state index contributed by atoms with van der Waals surface area (Å²) in [5.41, 5.74) is -0.364. The summed E-state index contributed by atoms with van der Waals surface area (Å²) < 4.78 is 32.0. The Morgan fingerprint density at radius 1 is 1.11 bits per heavy atom. The first-order valence-electron chi connectivity index (χ1n) is 6.71. The van der Waals surface area contributed by atoms with Crippen LogP contribution in [0.1, 0.15) is 48.0 Å². The number of hydrogen-bond donors (Lipinski definition) is 0. The predicted molar refractivity (Wildman–Crippen MR) is 70.1 cm³/mol. The standard InChI is InChI=1S/C14H27F2NO/c1-13(2,3)11-10(12(15)16)18-9-7-8-17(11)14(4,5)6/h10-12H,7-9H2,1-6H3. The van der Waals surface area contributed by atoms with Crippen molar-refractivity contribution in [1.82, 2.24) is 4.90 Å². The number of nitrogens with zero attached hydrogens (tertiary/aromatic N) is 1. The zero-order chi connectivity index (χ0) is 14.1. The Balaban J connectivity index is 3.13. The highest BCUT2D eigenvalue weighted by atomic mass is 19.3. The Hall–Kier alpha value is -0.220. The Kier molecular flexibility index (Phi) is 4.76. The van der Waals surface area contributed by atoms with Crippen molar-refractivity contribution < 1.29 is 13.5 Å². The van der Waals surface area contributed by atoms with Gasteiger partial charge in [-0.25, -0.2) is 8.78 Å². The van der Waals surface area contributed by atoms with E-state index in [2.05, 4.69) is 25.7 Å². The van der Waals surface area contributed by atoms with Crippen LogP contribution in [0.2, 0.25) is 0 Å². The summed E-state index contributed by atoms with van der Waals surface area (Å²) in [7, 11) is 0. The molecule has 1 rings (SSSR count). The molecule has 0 radical (unpaired) electrons. The molecule has 0 saturated carbocycles. The average Bonchev–Trinajstić information content (AvgIpc) is 2.36. The maximum absolute atomic E-state index is 13.3. The van der Waals surface area contributed by atoms with E-state index in [-0.39, 0.29) is 17.0 Å². The summed E-state index contributed by atoms with van der Waals surface area (Å²) in [6, 6.07) is -0.264. The van der Waals surface area contributed by atoms with E-state index < -0.39 is 12.5 Å². The van der Waals surface area contributed by atoms with Crippen LogP contribution in [0.15, 0.2) is 0 Å². The maximum Gasteiger partial charge on any atom is 0.265 e. The monoisotopic (exact) mass is 263 g/mol. The van der Waals surface area contributed by atoms with Crippen molar-refractivity contribution in [1.29, 1.82) is 0 Å². The Morgan fingerprint density at radius 3 is 2.06 bits per heavy atom. The van der Waals surface area contributed by atoms with Crippen LogP contribution in [-0.4, -0.2) is 42.2 Å². The molecule has 0 aliphatic carbocycles. The quantitative estimate of drug-likeness (QED) is 0.717. The lowest BCUT2D eigenvalue weighted by Crippen LogP contribution is -2.59. The van der Waals surface area contributed by atoms with Crippen molar-refractivity contribution in [2.75, 3.05) is 13.2 Å². The molecule has 0 aromatic heterocycles. The van der Waals surface area contributed by atoms with Crippen LogP contribution in [0.4, 0.5) is 8.78 Å². The Labute approximate surface area is 110 Å². The molecule has 1 fully saturated rings. The van der Waals surface area contributed by atoms with Gasteiger partial charge < -0.3 is 4.74 Å². The lowest BCUT2D eigenvalue weighted by atomic mass is 9.80. The molecule has 0 N–H and O–H groups in total. The molecule has 1 aliphatic rings. The highest BCUT2D eigenvalue weighted by Gasteiger charge is 2.46. The van der Waals surface area contributed by atoms with Gasteiger partial charge in [0.05, 0.1) is 0 Å². The van der Waals surface area contributed by atoms with Gasteiger partial charge in [0.1, 0.15) is 6.10 Å². The van der Waals surface area contributed by atoms with Gasteiger partial charge in [0.2, 0.25) is 0 Å². The highest BCUT2D eigenvalue weighted by Crippen LogP contribution is 2.36. The molecule has 108 valence electrons. The SMILES string of the molecule is CC(C)(C)C1C(C(F)F)OCCCN1C(C)(C)C. The first kappa shape index (κ1) is 15.8. The molecule has 0 amide bonds. The van der Waals surface area contributed by atoms with E-state index in [9.17, 15) is 8.78 Å². The number of ether oxygens (including phenoxy) is 1. The zero-order valence-corrected chi connectivity index (χ0v) is 12.5. The van der Waals surface area contributed by atoms with Crippen LogP contribution >= 0.6 is 0 Å². The second-order valence-electron chi connectivity index (χ2n) is 7.20. The third-order valence-corrected chi connectivity index (χ3v) is 3.50. The van der Waals surface area contributed by atoms with Crippen LogP contribution < -0.4 is 0 Å². The van der Waals surface area contributed by atoms with Crippen molar-refractivity contribution in [3.05, 3.63) is 0 Å². The van der Waals surface area contributed by atoms with E-state index in [1.165, 1.54) is 0 Å². The van der Waals surface area contributed by atoms with E-state index >= 15 is 0 Å². The fourth-order valence-corrected chi connectivity index (χ4v) is 2.79. The van der Waals surface area contributed by atoms with Crippen LogP contribution in [0.25, 0.3) is 0 Å². The van der Waals surface area contributed by atoms with E-state index in [1.54, 1.807) is 0 Å². The maximum atomic E-state index is 13.3. The summed E-state index contributed by atoms with van der Waals surface area (Å²) in [6.07, 6.45) is -2.61. The number of hydrogen-bond acceptors (Lipinski definition) is 2. The summed E-state index contributed by atoms with van der Waals surface area (Å²) in [4.78, 5) is 2.19. The number of halogens is 2. The lowest BCUT2D eigenvalue weighted by molar-refractivity contribution is -0.119. The van der Waals surface area contributed by atoms with Gasteiger partial charge in [0.15, 0.2) is 0 Å². The molecular weight excluding hydrogens is 236 g/mol. The molecule has 0 spiro atoms. The van der Waals surface area contributed by atoms with Crippen molar-refractivity contribution in [2.24, 2.45) is 5.41 Å². The summed E-state index contributed by atoms with van der Waals surface area (Å²) >= 11 is 0. The van der Waals surface area contributed by atoms with Gasteiger partial charge in [-0.1, -0.05) is 20.8 Å². The lowest BCUT2D eigenvalue weighted by Gasteiger charge is -2.48. The third-order valence-electron chi connectivity index (χ3n) is 3.50. The fourth-order valence-electron chi connectivity index (χ4n) is 2.79. The molecule has 2 unspecified atom stereocenters.